The van der Waals surface area contributed by atoms with E-state index in [0.29, 0.717) is 4.88 Å². The Balaban J connectivity index is 2.05. The van der Waals surface area contributed by atoms with Gasteiger partial charge in [-0.15, -0.1) is 24.0 Å². The number of thiol groups is 1. The highest BCUT2D eigenvalue weighted by molar-refractivity contribution is 7.80. The summed E-state index contributed by atoms with van der Waals surface area (Å²) in [5, 5.41) is 4.74. The van der Waals surface area contributed by atoms with Crippen LogP contribution in [-0.4, -0.2) is 19.0 Å². The van der Waals surface area contributed by atoms with Crippen molar-refractivity contribution in [2.75, 3.05) is 23.3 Å². The summed E-state index contributed by atoms with van der Waals surface area (Å²) in [5.74, 6) is -0.0918. The van der Waals surface area contributed by atoms with Gasteiger partial charge in [0.25, 0.3) is 5.91 Å². The molecule has 1 aromatic carbocycles. The molecule has 0 fully saturated rings. The molecule has 0 saturated carbocycles. The third-order valence-corrected chi connectivity index (χ3v) is 4.43. The van der Waals surface area contributed by atoms with Gasteiger partial charge in [-0.3, -0.25) is 4.79 Å². The molecule has 106 valence electrons. The maximum absolute atomic E-state index is 12.0. The summed E-state index contributed by atoms with van der Waals surface area (Å²) < 4.78 is 0. The number of nitrogens with zero attached hydrogens (tertiary/aromatic N) is 1. The summed E-state index contributed by atoms with van der Waals surface area (Å²) in [6, 6.07) is 9.69. The van der Waals surface area contributed by atoms with Crippen molar-refractivity contribution in [2.45, 2.75) is 18.7 Å². The Hall–Kier alpha value is -1.46. The van der Waals surface area contributed by atoms with Crippen molar-refractivity contribution in [2.24, 2.45) is 0 Å². The van der Waals surface area contributed by atoms with E-state index < -0.39 is 0 Å². The number of benzene rings is 1. The van der Waals surface area contributed by atoms with Gasteiger partial charge in [-0.25, -0.2) is 0 Å². The van der Waals surface area contributed by atoms with Crippen molar-refractivity contribution >= 4 is 41.2 Å². The maximum Gasteiger partial charge on any atom is 0.265 e. The quantitative estimate of drug-likeness (QED) is 0.814. The second-order valence-corrected chi connectivity index (χ2v) is 5.77. The van der Waals surface area contributed by atoms with Crippen molar-refractivity contribution in [3.63, 3.8) is 0 Å². The van der Waals surface area contributed by atoms with Crippen LogP contribution in [0.1, 0.15) is 23.5 Å². The van der Waals surface area contributed by atoms with Gasteiger partial charge in [0.05, 0.1) is 4.88 Å². The van der Waals surface area contributed by atoms with Gasteiger partial charge in [0, 0.05) is 34.7 Å². The number of carbonyl (C=O) groups excluding carboxylic acids is 1. The molecule has 0 bridgehead atoms. The van der Waals surface area contributed by atoms with Crippen LogP contribution in [0, 0.1) is 0 Å². The molecule has 0 atom stereocenters. The highest BCUT2D eigenvalue weighted by atomic mass is 32.1. The molecular formula is C15H18N2OS2. The third-order valence-electron chi connectivity index (χ3n) is 3.06. The van der Waals surface area contributed by atoms with E-state index in [9.17, 15) is 4.79 Å². The van der Waals surface area contributed by atoms with Gasteiger partial charge in [0.1, 0.15) is 0 Å². The predicted molar refractivity (Wildman–Crippen MR) is 89.5 cm³/mol. The topological polar surface area (TPSA) is 32.3 Å². The number of hydrogen-bond acceptors (Lipinski definition) is 4. The van der Waals surface area contributed by atoms with E-state index in [1.54, 1.807) is 6.07 Å². The number of carbonyl (C=O) groups is 1. The van der Waals surface area contributed by atoms with Crippen LogP contribution in [-0.2, 0) is 0 Å². The van der Waals surface area contributed by atoms with Crippen LogP contribution >= 0.6 is 24.0 Å². The van der Waals surface area contributed by atoms with Gasteiger partial charge in [0.15, 0.2) is 0 Å². The van der Waals surface area contributed by atoms with Gasteiger partial charge in [-0.2, -0.15) is 0 Å². The Morgan fingerprint density at radius 1 is 1.25 bits per heavy atom. The zero-order chi connectivity index (χ0) is 14.5. The largest absolute Gasteiger partial charge is 0.372 e. The van der Waals surface area contributed by atoms with Crippen molar-refractivity contribution in [1.29, 1.82) is 0 Å². The lowest BCUT2D eigenvalue weighted by Gasteiger charge is -2.21. The molecule has 1 amide bonds. The van der Waals surface area contributed by atoms with Crippen LogP contribution in [0.15, 0.2) is 40.6 Å². The molecule has 2 aromatic rings. The van der Waals surface area contributed by atoms with Crippen LogP contribution in [0.5, 0.6) is 0 Å². The minimum absolute atomic E-state index is 0.0918. The van der Waals surface area contributed by atoms with E-state index in [-0.39, 0.29) is 5.91 Å². The molecule has 0 unspecified atom stereocenters. The Labute approximate surface area is 129 Å². The molecule has 5 heteroatoms. The minimum Gasteiger partial charge on any atom is -0.372 e. The monoisotopic (exact) mass is 306 g/mol. The molecule has 1 aromatic heterocycles. The number of anilines is 2. The SMILES string of the molecule is CCN(CC)c1ccc(NC(=O)c2cc(S)cs2)cc1. The first kappa shape index (κ1) is 14.9. The van der Waals surface area contributed by atoms with E-state index in [4.69, 9.17) is 0 Å². The molecule has 0 aliphatic heterocycles. The number of rotatable bonds is 5. The second kappa shape index (κ2) is 6.81. The highest BCUT2D eigenvalue weighted by Gasteiger charge is 2.09. The van der Waals surface area contributed by atoms with Crippen LogP contribution in [0.25, 0.3) is 0 Å². The number of amides is 1. The van der Waals surface area contributed by atoms with E-state index in [1.165, 1.54) is 17.0 Å². The van der Waals surface area contributed by atoms with Gasteiger partial charge in [-0.1, -0.05) is 0 Å². The second-order valence-electron chi connectivity index (χ2n) is 4.34. The minimum atomic E-state index is -0.0918. The fraction of sp³-hybridized carbons (Fsp3) is 0.267. The number of nitrogens with one attached hydrogen (secondary N) is 1. The molecule has 0 aliphatic carbocycles. The lowest BCUT2D eigenvalue weighted by atomic mass is 10.2. The van der Waals surface area contributed by atoms with Crippen molar-refractivity contribution in [1.82, 2.24) is 0 Å². The molecular weight excluding hydrogens is 288 g/mol. The average Bonchev–Trinajstić information content (AvgIpc) is 2.89. The molecule has 0 saturated heterocycles. The first-order valence-corrected chi connectivity index (χ1v) is 7.90. The molecule has 2 rings (SSSR count). The Morgan fingerprint density at radius 3 is 2.40 bits per heavy atom. The summed E-state index contributed by atoms with van der Waals surface area (Å²) in [7, 11) is 0. The summed E-state index contributed by atoms with van der Waals surface area (Å²) in [6.07, 6.45) is 0. The van der Waals surface area contributed by atoms with Crippen LogP contribution in [0.2, 0.25) is 0 Å². The fourth-order valence-electron chi connectivity index (χ4n) is 1.98. The lowest BCUT2D eigenvalue weighted by Crippen LogP contribution is -2.21. The fourth-order valence-corrected chi connectivity index (χ4v) is 3.03. The van der Waals surface area contributed by atoms with Crippen LogP contribution in [0.4, 0.5) is 11.4 Å². The van der Waals surface area contributed by atoms with E-state index in [1.807, 2.05) is 29.6 Å². The Morgan fingerprint density at radius 2 is 1.90 bits per heavy atom. The maximum atomic E-state index is 12.0. The van der Waals surface area contributed by atoms with Crippen LogP contribution < -0.4 is 10.2 Å². The molecule has 1 N–H and O–H groups in total. The lowest BCUT2D eigenvalue weighted by molar-refractivity contribution is 0.103. The van der Waals surface area contributed by atoms with Crippen molar-refractivity contribution in [3.8, 4) is 0 Å². The molecule has 0 spiro atoms. The zero-order valence-corrected chi connectivity index (χ0v) is 13.3. The zero-order valence-electron chi connectivity index (χ0n) is 11.6. The summed E-state index contributed by atoms with van der Waals surface area (Å²) >= 11 is 5.60. The van der Waals surface area contributed by atoms with Gasteiger partial charge in [-0.05, 0) is 44.2 Å². The van der Waals surface area contributed by atoms with E-state index in [0.717, 1.165) is 23.7 Å². The predicted octanol–water partition coefficient (Wildman–Crippen LogP) is 4.14. The molecule has 20 heavy (non-hydrogen) atoms. The van der Waals surface area contributed by atoms with Crippen molar-refractivity contribution in [3.05, 3.63) is 40.6 Å². The molecule has 3 nitrogen and oxygen atoms in total. The third kappa shape index (κ3) is 3.55. The summed E-state index contributed by atoms with van der Waals surface area (Å²) in [5.41, 5.74) is 1.97. The highest BCUT2D eigenvalue weighted by Crippen LogP contribution is 2.21. The smallest absolute Gasteiger partial charge is 0.265 e. The summed E-state index contributed by atoms with van der Waals surface area (Å²) in [4.78, 5) is 15.8. The number of hydrogen-bond donors (Lipinski definition) is 2. The first-order valence-electron chi connectivity index (χ1n) is 6.58. The number of thiophene rings is 1. The van der Waals surface area contributed by atoms with Gasteiger partial charge >= 0.3 is 0 Å². The normalized spacial score (nSPS) is 10.3. The molecule has 0 aliphatic rings. The molecule has 1 heterocycles. The Bertz CT molecular complexity index is 574. The summed E-state index contributed by atoms with van der Waals surface area (Å²) in [6.45, 7) is 6.21. The van der Waals surface area contributed by atoms with E-state index >= 15 is 0 Å². The average molecular weight is 306 g/mol. The standard InChI is InChI=1S/C15H18N2OS2/c1-3-17(4-2)12-7-5-11(6-8-12)16-15(18)14-9-13(19)10-20-14/h5-10,19H,3-4H2,1-2H3,(H,16,18). The van der Waals surface area contributed by atoms with Crippen molar-refractivity contribution < 1.29 is 4.79 Å². The van der Waals surface area contributed by atoms with Gasteiger partial charge < -0.3 is 10.2 Å². The molecule has 0 radical (unpaired) electrons. The first-order chi connectivity index (χ1) is 9.63. The van der Waals surface area contributed by atoms with Crippen LogP contribution in [0.3, 0.4) is 0 Å². The van der Waals surface area contributed by atoms with E-state index in [2.05, 4.69) is 36.7 Å². The Kier molecular flexibility index (Phi) is 5.09. The van der Waals surface area contributed by atoms with Gasteiger partial charge in [0.2, 0.25) is 0 Å².